The zero-order chi connectivity index (χ0) is 17.6. The molecular weight excluding hydrogens is 387 g/mol. The third-order valence-electron chi connectivity index (χ3n) is 3.88. The summed E-state index contributed by atoms with van der Waals surface area (Å²) in [5.74, 6) is 0.641. The minimum absolute atomic E-state index is 0. The van der Waals surface area contributed by atoms with E-state index in [0.29, 0.717) is 13.2 Å². The summed E-state index contributed by atoms with van der Waals surface area (Å²) in [5, 5.41) is 5.89. The van der Waals surface area contributed by atoms with E-state index in [1.54, 1.807) is 0 Å². The maximum Gasteiger partial charge on any atom is 0.228 e. The van der Waals surface area contributed by atoms with Crippen molar-refractivity contribution in [3.8, 4) is 5.75 Å². The highest BCUT2D eigenvalue weighted by Crippen LogP contribution is 2.17. The van der Waals surface area contributed by atoms with Crippen LogP contribution in [0, 0.1) is 5.92 Å². The zero-order valence-corrected chi connectivity index (χ0v) is 16.8. The number of amides is 1. The van der Waals surface area contributed by atoms with Gasteiger partial charge in [0.15, 0.2) is 0 Å². The van der Waals surface area contributed by atoms with Crippen LogP contribution in [0.25, 0.3) is 5.65 Å². The fourth-order valence-electron chi connectivity index (χ4n) is 2.51. The minimum Gasteiger partial charge on any atom is -0.487 e. The second kappa shape index (κ2) is 10.8. The van der Waals surface area contributed by atoms with Gasteiger partial charge in [0.25, 0.3) is 0 Å². The van der Waals surface area contributed by atoms with E-state index in [1.165, 1.54) is 0 Å². The van der Waals surface area contributed by atoms with Gasteiger partial charge in [-0.25, -0.2) is 4.98 Å². The van der Waals surface area contributed by atoms with Gasteiger partial charge in [-0.1, -0.05) is 13.0 Å². The van der Waals surface area contributed by atoms with Crippen molar-refractivity contribution in [3.05, 3.63) is 60.6 Å². The number of hydrogen-bond acceptors (Lipinski definition) is 4. The number of anilines is 1. The first-order valence-electron chi connectivity index (χ1n) is 8.26. The molecule has 0 spiro atoms. The lowest BCUT2D eigenvalue weighted by molar-refractivity contribution is -0.119. The number of rotatable bonds is 7. The molecule has 0 aliphatic rings. The van der Waals surface area contributed by atoms with E-state index in [1.807, 2.05) is 73.2 Å². The molecule has 0 saturated carbocycles. The standard InChI is InChI=1S/C19H22N4O2.2ClH/c1-14(11-20-2)19(24)22-15-6-8-17(9-7-15)25-13-16-12-23-10-4-3-5-18(23)21-16;;/h3-10,12,14,20H,11,13H2,1-2H3,(H,22,24);2*1H. The smallest absolute Gasteiger partial charge is 0.228 e. The van der Waals surface area contributed by atoms with Crippen molar-refractivity contribution < 1.29 is 9.53 Å². The highest BCUT2D eigenvalue weighted by Gasteiger charge is 2.11. The highest BCUT2D eigenvalue weighted by atomic mass is 35.5. The molecule has 6 nitrogen and oxygen atoms in total. The number of nitrogens with zero attached hydrogens (tertiary/aromatic N) is 2. The molecule has 0 aliphatic carbocycles. The minimum atomic E-state index is -0.0871. The highest BCUT2D eigenvalue weighted by molar-refractivity contribution is 5.92. The van der Waals surface area contributed by atoms with Crippen molar-refractivity contribution in [2.75, 3.05) is 18.9 Å². The lowest BCUT2D eigenvalue weighted by atomic mass is 10.1. The average Bonchev–Trinajstić information content (AvgIpc) is 3.04. The Morgan fingerprint density at radius 1 is 1.19 bits per heavy atom. The number of benzene rings is 1. The number of carbonyl (C=O) groups is 1. The first-order valence-corrected chi connectivity index (χ1v) is 8.26. The van der Waals surface area contributed by atoms with Gasteiger partial charge in [-0.3, -0.25) is 4.79 Å². The first kappa shape index (κ1) is 22.8. The van der Waals surface area contributed by atoms with Crippen LogP contribution in [0.2, 0.25) is 0 Å². The molecule has 27 heavy (non-hydrogen) atoms. The summed E-state index contributed by atoms with van der Waals surface area (Å²) < 4.78 is 7.73. The molecule has 2 heterocycles. The van der Waals surface area contributed by atoms with Crippen LogP contribution >= 0.6 is 24.8 Å². The summed E-state index contributed by atoms with van der Waals surface area (Å²) in [5.41, 5.74) is 2.52. The third-order valence-corrected chi connectivity index (χ3v) is 3.88. The Morgan fingerprint density at radius 2 is 1.93 bits per heavy atom. The normalized spacial score (nSPS) is 11.2. The van der Waals surface area contributed by atoms with Crippen molar-refractivity contribution in [2.24, 2.45) is 5.92 Å². The second-order valence-electron chi connectivity index (χ2n) is 5.96. The van der Waals surface area contributed by atoms with E-state index < -0.39 is 0 Å². The number of aromatic nitrogens is 2. The van der Waals surface area contributed by atoms with Crippen LogP contribution in [0.1, 0.15) is 12.6 Å². The largest absolute Gasteiger partial charge is 0.487 e. The van der Waals surface area contributed by atoms with Gasteiger partial charge in [0, 0.05) is 30.5 Å². The molecule has 0 bridgehead atoms. The molecule has 2 aromatic heterocycles. The predicted molar refractivity (Wildman–Crippen MR) is 112 cm³/mol. The molecule has 1 unspecified atom stereocenters. The van der Waals surface area contributed by atoms with E-state index in [4.69, 9.17) is 4.74 Å². The van der Waals surface area contributed by atoms with Gasteiger partial charge in [-0.2, -0.15) is 0 Å². The van der Waals surface area contributed by atoms with Gasteiger partial charge in [0.05, 0.1) is 5.69 Å². The number of halogens is 2. The van der Waals surface area contributed by atoms with Crippen molar-refractivity contribution in [1.82, 2.24) is 14.7 Å². The SMILES string of the molecule is CNCC(C)C(=O)Nc1ccc(OCc2cn3ccccc3n2)cc1.Cl.Cl. The fraction of sp³-hybridized carbons (Fsp3) is 0.263. The second-order valence-corrected chi connectivity index (χ2v) is 5.96. The molecule has 3 aromatic rings. The van der Waals surface area contributed by atoms with E-state index >= 15 is 0 Å². The van der Waals surface area contributed by atoms with Crippen LogP contribution in [0.15, 0.2) is 54.9 Å². The lowest BCUT2D eigenvalue weighted by Gasteiger charge is -2.12. The Hall–Kier alpha value is -2.28. The molecule has 8 heteroatoms. The van der Waals surface area contributed by atoms with Crippen LogP contribution < -0.4 is 15.4 Å². The Bertz CT molecular complexity index is 819. The van der Waals surface area contributed by atoms with E-state index in [2.05, 4.69) is 15.6 Å². The van der Waals surface area contributed by atoms with Gasteiger partial charge in [-0.15, -0.1) is 24.8 Å². The van der Waals surface area contributed by atoms with Crippen molar-refractivity contribution >= 4 is 42.1 Å². The average molecular weight is 411 g/mol. The topological polar surface area (TPSA) is 67.7 Å². The molecule has 0 radical (unpaired) electrons. The maximum atomic E-state index is 12.0. The Kier molecular flexibility index (Phi) is 9.08. The van der Waals surface area contributed by atoms with Crippen molar-refractivity contribution in [1.29, 1.82) is 0 Å². The number of pyridine rings is 1. The molecule has 1 atom stereocenters. The van der Waals surface area contributed by atoms with Crippen molar-refractivity contribution in [3.63, 3.8) is 0 Å². The molecule has 1 aromatic carbocycles. The van der Waals surface area contributed by atoms with Gasteiger partial charge in [0.1, 0.15) is 18.0 Å². The quantitative estimate of drug-likeness (QED) is 0.624. The Morgan fingerprint density at radius 3 is 2.59 bits per heavy atom. The summed E-state index contributed by atoms with van der Waals surface area (Å²) >= 11 is 0. The Labute approximate surface area is 171 Å². The lowest BCUT2D eigenvalue weighted by Crippen LogP contribution is -2.28. The number of fused-ring (bicyclic) bond motifs is 1. The van der Waals surface area contributed by atoms with Crippen LogP contribution in [-0.4, -0.2) is 28.9 Å². The van der Waals surface area contributed by atoms with E-state index in [9.17, 15) is 4.79 Å². The summed E-state index contributed by atoms with van der Waals surface area (Å²) in [6.07, 6.45) is 3.91. The Balaban J connectivity index is 0.00000182. The molecule has 2 N–H and O–H groups in total. The predicted octanol–water partition coefficient (Wildman–Crippen LogP) is 3.55. The molecule has 0 fully saturated rings. The first-order chi connectivity index (χ1) is 12.2. The van der Waals surface area contributed by atoms with Crippen LogP contribution in [0.4, 0.5) is 5.69 Å². The number of hydrogen-bond donors (Lipinski definition) is 2. The number of ether oxygens (including phenoxy) is 1. The molecule has 3 rings (SSSR count). The van der Waals surface area contributed by atoms with E-state index in [0.717, 1.165) is 22.8 Å². The number of carbonyl (C=O) groups excluding carboxylic acids is 1. The zero-order valence-electron chi connectivity index (χ0n) is 15.2. The number of imidazole rings is 1. The van der Waals surface area contributed by atoms with Crippen LogP contribution in [-0.2, 0) is 11.4 Å². The summed E-state index contributed by atoms with van der Waals surface area (Å²) in [6, 6.07) is 13.2. The molecule has 146 valence electrons. The molecule has 1 amide bonds. The summed E-state index contributed by atoms with van der Waals surface area (Å²) in [7, 11) is 1.83. The fourth-order valence-corrected chi connectivity index (χ4v) is 2.51. The molecule has 0 aliphatic heterocycles. The molecular formula is C19H24Cl2N4O2. The van der Waals surface area contributed by atoms with Gasteiger partial charge in [0.2, 0.25) is 5.91 Å². The van der Waals surface area contributed by atoms with Crippen molar-refractivity contribution in [2.45, 2.75) is 13.5 Å². The maximum absolute atomic E-state index is 12.0. The van der Waals surface area contributed by atoms with Gasteiger partial charge < -0.3 is 19.8 Å². The van der Waals surface area contributed by atoms with Crippen LogP contribution in [0.5, 0.6) is 5.75 Å². The monoisotopic (exact) mass is 410 g/mol. The summed E-state index contributed by atoms with van der Waals surface area (Å²) in [6.45, 7) is 2.93. The summed E-state index contributed by atoms with van der Waals surface area (Å²) in [4.78, 5) is 16.5. The molecule has 0 saturated heterocycles. The van der Waals surface area contributed by atoms with E-state index in [-0.39, 0.29) is 36.6 Å². The van der Waals surface area contributed by atoms with Crippen LogP contribution in [0.3, 0.4) is 0 Å². The third kappa shape index (κ3) is 6.13. The van der Waals surface area contributed by atoms with Gasteiger partial charge >= 0.3 is 0 Å². The van der Waals surface area contributed by atoms with Gasteiger partial charge in [-0.05, 0) is 43.4 Å². The number of nitrogens with one attached hydrogen (secondary N) is 2.